The van der Waals surface area contributed by atoms with Crippen LogP contribution in [0.5, 0.6) is 5.75 Å². The molecular weight excluding hydrogens is 304 g/mol. The first-order valence-electron chi connectivity index (χ1n) is 8.83. The number of rotatable bonds is 3. The van der Waals surface area contributed by atoms with Crippen molar-refractivity contribution >= 4 is 0 Å². The maximum atomic E-state index is 6.13. The SMILES string of the molecule is COc1cc(C)c(CN2CCOC3(CNCCOC3)C2)c(C)c1C. The second-order valence-corrected chi connectivity index (χ2v) is 7.10. The molecule has 2 saturated heterocycles. The van der Waals surface area contributed by atoms with E-state index in [1.54, 1.807) is 7.11 Å². The Kier molecular flexibility index (Phi) is 5.45. The van der Waals surface area contributed by atoms with Gasteiger partial charge in [0.15, 0.2) is 0 Å². The van der Waals surface area contributed by atoms with Gasteiger partial charge in [0, 0.05) is 32.7 Å². The first-order valence-corrected chi connectivity index (χ1v) is 8.83. The molecule has 2 aliphatic rings. The summed E-state index contributed by atoms with van der Waals surface area (Å²) in [7, 11) is 1.74. The maximum absolute atomic E-state index is 6.13. The summed E-state index contributed by atoms with van der Waals surface area (Å²) in [4.78, 5) is 2.50. The molecule has 1 atom stereocenters. The molecule has 0 saturated carbocycles. The predicted molar refractivity (Wildman–Crippen MR) is 94.9 cm³/mol. The lowest BCUT2D eigenvalue weighted by atomic mass is 9.95. The fourth-order valence-electron chi connectivity index (χ4n) is 3.80. The molecule has 24 heavy (non-hydrogen) atoms. The van der Waals surface area contributed by atoms with Crippen LogP contribution in [0.2, 0.25) is 0 Å². The van der Waals surface area contributed by atoms with Gasteiger partial charge in [-0.05, 0) is 49.1 Å². The molecule has 134 valence electrons. The van der Waals surface area contributed by atoms with E-state index in [4.69, 9.17) is 14.2 Å². The Morgan fingerprint density at radius 1 is 1.25 bits per heavy atom. The Bertz CT molecular complexity index is 580. The molecule has 5 heteroatoms. The van der Waals surface area contributed by atoms with Crippen LogP contribution in [0.4, 0.5) is 0 Å². The first kappa shape index (κ1) is 17.7. The van der Waals surface area contributed by atoms with Crippen molar-refractivity contribution in [3.05, 3.63) is 28.3 Å². The molecule has 1 aromatic carbocycles. The highest BCUT2D eigenvalue weighted by Gasteiger charge is 2.38. The quantitative estimate of drug-likeness (QED) is 0.913. The first-order chi connectivity index (χ1) is 11.5. The summed E-state index contributed by atoms with van der Waals surface area (Å²) in [5.41, 5.74) is 5.07. The Labute approximate surface area is 145 Å². The highest BCUT2D eigenvalue weighted by Crippen LogP contribution is 2.29. The molecule has 0 radical (unpaired) electrons. The highest BCUT2D eigenvalue weighted by molar-refractivity contribution is 5.48. The zero-order valence-electron chi connectivity index (χ0n) is 15.4. The van der Waals surface area contributed by atoms with E-state index in [1.165, 1.54) is 22.3 Å². The van der Waals surface area contributed by atoms with Gasteiger partial charge in [0.05, 0.1) is 26.9 Å². The van der Waals surface area contributed by atoms with E-state index < -0.39 is 0 Å². The van der Waals surface area contributed by atoms with Crippen LogP contribution in [0.15, 0.2) is 6.07 Å². The number of hydrogen-bond acceptors (Lipinski definition) is 5. The minimum absolute atomic E-state index is 0.210. The van der Waals surface area contributed by atoms with Crippen LogP contribution >= 0.6 is 0 Å². The van der Waals surface area contributed by atoms with Crippen LogP contribution in [0.1, 0.15) is 22.3 Å². The number of nitrogens with zero attached hydrogens (tertiary/aromatic N) is 1. The van der Waals surface area contributed by atoms with Crippen molar-refractivity contribution in [3.8, 4) is 5.75 Å². The highest BCUT2D eigenvalue weighted by atomic mass is 16.5. The van der Waals surface area contributed by atoms with E-state index >= 15 is 0 Å². The van der Waals surface area contributed by atoms with Crippen LogP contribution in [0.3, 0.4) is 0 Å². The van der Waals surface area contributed by atoms with E-state index in [-0.39, 0.29) is 5.60 Å². The molecule has 1 unspecified atom stereocenters. The number of nitrogens with one attached hydrogen (secondary N) is 1. The van der Waals surface area contributed by atoms with Gasteiger partial charge in [0.1, 0.15) is 11.4 Å². The monoisotopic (exact) mass is 334 g/mol. The number of aryl methyl sites for hydroxylation is 1. The Morgan fingerprint density at radius 3 is 2.88 bits per heavy atom. The van der Waals surface area contributed by atoms with Gasteiger partial charge in [-0.3, -0.25) is 4.90 Å². The number of methoxy groups -OCH3 is 1. The molecule has 1 spiro atoms. The van der Waals surface area contributed by atoms with Crippen LogP contribution in [0, 0.1) is 20.8 Å². The third-order valence-corrected chi connectivity index (χ3v) is 5.37. The van der Waals surface area contributed by atoms with E-state index in [0.717, 1.165) is 51.7 Å². The van der Waals surface area contributed by atoms with Gasteiger partial charge in [0.2, 0.25) is 0 Å². The molecule has 0 bridgehead atoms. The summed E-state index contributed by atoms with van der Waals surface area (Å²) in [6.45, 7) is 13.3. The predicted octanol–water partition coefficient (Wildman–Crippen LogP) is 1.81. The Morgan fingerprint density at radius 2 is 2.08 bits per heavy atom. The van der Waals surface area contributed by atoms with Crippen molar-refractivity contribution in [1.82, 2.24) is 10.2 Å². The summed E-state index contributed by atoms with van der Waals surface area (Å²) in [6.07, 6.45) is 0. The van der Waals surface area contributed by atoms with Crippen LogP contribution in [0.25, 0.3) is 0 Å². The summed E-state index contributed by atoms with van der Waals surface area (Å²) >= 11 is 0. The van der Waals surface area contributed by atoms with Gasteiger partial charge >= 0.3 is 0 Å². The van der Waals surface area contributed by atoms with Crippen molar-refractivity contribution in [2.75, 3.05) is 53.1 Å². The summed E-state index contributed by atoms with van der Waals surface area (Å²) in [6, 6.07) is 2.16. The molecule has 2 heterocycles. The smallest absolute Gasteiger partial charge is 0.122 e. The minimum atomic E-state index is -0.210. The van der Waals surface area contributed by atoms with Gasteiger partial charge in [-0.1, -0.05) is 0 Å². The molecule has 5 nitrogen and oxygen atoms in total. The van der Waals surface area contributed by atoms with Gasteiger partial charge in [-0.25, -0.2) is 0 Å². The standard InChI is InChI=1S/C19H30N2O3/c1-14-9-18(22-4)16(3)15(2)17(14)10-21-6-8-24-19(12-21)11-20-5-7-23-13-19/h9,20H,5-8,10-13H2,1-4H3. The van der Waals surface area contributed by atoms with Crippen LogP contribution < -0.4 is 10.1 Å². The average molecular weight is 334 g/mol. The Balaban J connectivity index is 1.77. The topological polar surface area (TPSA) is 43.0 Å². The Hall–Kier alpha value is -1.14. The second-order valence-electron chi connectivity index (χ2n) is 7.10. The van der Waals surface area contributed by atoms with Crippen molar-refractivity contribution in [1.29, 1.82) is 0 Å². The average Bonchev–Trinajstić information content (AvgIpc) is 2.80. The fourth-order valence-corrected chi connectivity index (χ4v) is 3.80. The van der Waals surface area contributed by atoms with Crippen molar-refractivity contribution in [2.24, 2.45) is 0 Å². The van der Waals surface area contributed by atoms with E-state index in [1.807, 2.05) is 0 Å². The second kappa shape index (κ2) is 7.40. The van der Waals surface area contributed by atoms with E-state index in [9.17, 15) is 0 Å². The van der Waals surface area contributed by atoms with Crippen molar-refractivity contribution < 1.29 is 14.2 Å². The van der Waals surface area contributed by atoms with E-state index in [2.05, 4.69) is 37.1 Å². The zero-order valence-corrected chi connectivity index (χ0v) is 15.4. The largest absolute Gasteiger partial charge is 0.496 e. The molecule has 1 aromatic rings. The molecule has 0 amide bonds. The summed E-state index contributed by atoms with van der Waals surface area (Å²) < 4.78 is 17.4. The molecule has 2 aliphatic heterocycles. The molecule has 0 aromatic heterocycles. The lowest BCUT2D eigenvalue weighted by Gasteiger charge is -2.42. The van der Waals surface area contributed by atoms with Gasteiger partial charge in [-0.2, -0.15) is 0 Å². The third kappa shape index (κ3) is 3.59. The van der Waals surface area contributed by atoms with Gasteiger partial charge in [-0.15, -0.1) is 0 Å². The van der Waals surface area contributed by atoms with Gasteiger partial charge < -0.3 is 19.5 Å². The maximum Gasteiger partial charge on any atom is 0.122 e. The summed E-state index contributed by atoms with van der Waals surface area (Å²) in [5, 5.41) is 3.45. The van der Waals surface area contributed by atoms with Crippen LogP contribution in [-0.2, 0) is 16.0 Å². The molecule has 0 aliphatic carbocycles. The fraction of sp³-hybridized carbons (Fsp3) is 0.684. The number of ether oxygens (including phenoxy) is 3. The van der Waals surface area contributed by atoms with Crippen molar-refractivity contribution in [3.63, 3.8) is 0 Å². The van der Waals surface area contributed by atoms with Crippen LogP contribution in [-0.4, -0.2) is 63.6 Å². The molecule has 1 N–H and O–H groups in total. The molecule has 2 fully saturated rings. The lowest BCUT2D eigenvalue weighted by Crippen LogP contribution is -2.57. The minimum Gasteiger partial charge on any atom is -0.496 e. The van der Waals surface area contributed by atoms with E-state index in [0.29, 0.717) is 6.61 Å². The number of morpholine rings is 1. The third-order valence-electron chi connectivity index (χ3n) is 5.37. The zero-order chi connectivity index (χ0) is 17.2. The normalized spacial score (nSPS) is 25.7. The molecular formula is C19H30N2O3. The summed E-state index contributed by atoms with van der Waals surface area (Å²) in [5.74, 6) is 0.980. The van der Waals surface area contributed by atoms with Gasteiger partial charge in [0.25, 0.3) is 0 Å². The lowest BCUT2D eigenvalue weighted by molar-refractivity contribution is -0.135. The number of benzene rings is 1. The molecule has 3 rings (SSSR count). The number of hydrogen-bond donors (Lipinski definition) is 1. The van der Waals surface area contributed by atoms with Crippen molar-refractivity contribution in [2.45, 2.75) is 32.9 Å².